The van der Waals surface area contributed by atoms with Gasteiger partial charge in [0.15, 0.2) is 0 Å². The average molecular weight is 252 g/mol. The molecule has 0 saturated heterocycles. The second kappa shape index (κ2) is 5.57. The molecule has 3 nitrogen and oxygen atoms in total. The van der Waals surface area contributed by atoms with Gasteiger partial charge >= 0.3 is 0 Å². The van der Waals surface area contributed by atoms with Crippen LogP contribution in [0.3, 0.4) is 0 Å². The molecule has 0 unspecified atom stereocenters. The number of nitrogens with one attached hydrogen (secondary N) is 1. The standard InChI is InChI=1S/C16H16N2O/c1-2-5-14(6-3-1)19-15-10-8-13(9-11-15)18-16-7-4-12-17-16/h1-3,5-6,8-11H,4,7,12H2,(H,17,18). The molecule has 1 N–H and O–H groups in total. The van der Waals surface area contributed by atoms with Gasteiger partial charge in [-0.2, -0.15) is 0 Å². The summed E-state index contributed by atoms with van der Waals surface area (Å²) in [5, 5.41) is 3.33. The lowest BCUT2D eigenvalue weighted by Crippen LogP contribution is -2.07. The highest BCUT2D eigenvalue weighted by Crippen LogP contribution is 2.23. The minimum absolute atomic E-state index is 0.838. The Morgan fingerprint density at radius 3 is 2.32 bits per heavy atom. The zero-order valence-electron chi connectivity index (χ0n) is 10.7. The van der Waals surface area contributed by atoms with E-state index in [1.807, 2.05) is 54.6 Å². The molecule has 0 radical (unpaired) electrons. The van der Waals surface area contributed by atoms with Crippen LogP contribution in [0.25, 0.3) is 0 Å². The Morgan fingerprint density at radius 2 is 1.63 bits per heavy atom. The molecule has 0 aliphatic carbocycles. The van der Waals surface area contributed by atoms with Crippen LogP contribution in [-0.4, -0.2) is 12.4 Å². The van der Waals surface area contributed by atoms with Gasteiger partial charge in [-0.3, -0.25) is 4.99 Å². The fraction of sp³-hybridized carbons (Fsp3) is 0.188. The average Bonchev–Trinajstić information content (AvgIpc) is 2.95. The van der Waals surface area contributed by atoms with Crippen LogP contribution in [0.1, 0.15) is 12.8 Å². The highest BCUT2D eigenvalue weighted by molar-refractivity contribution is 5.96. The minimum atomic E-state index is 0.838. The van der Waals surface area contributed by atoms with Crippen LogP contribution in [0.15, 0.2) is 59.6 Å². The second-order valence-electron chi connectivity index (χ2n) is 4.50. The Kier molecular flexibility index (Phi) is 3.45. The Balaban J connectivity index is 1.65. The molecule has 2 aromatic rings. The van der Waals surface area contributed by atoms with Crippen molar-refractivity contribution in [1.82, 2.24) is 0 Å². The van der Waals surface area contributed by atoms with E-state index in [1.54, 1.807) is 0 Å². The van der Waals surface area contributed by atoms with Gasteiger partial charge in [-0.15, -0.1) is 0 Å². The molecule has 96 valence electrons. The molecule has 0 bridgehead atoms. The molecule has 19 heavy (non-hydrogen) atoms. The maximum Gasteiger partial charge on any atom is 0.127 e. The molecular weight excluding hydrogens is 236 g/mol. The predicted octanol–water partition coefficient (Wildman–Crippen LogP) is 4.08. The molecule has 0 saturated carbocycles. The highest BCUT2D eigenvalue weighted by atomic mass is 16.5. The van der Waals surface area contributed by atoms with E-state index >= 15 is 0 Å². The molecule has 1 aliphatic rings. The molecule has 0 spiro atoms. The number of para-hydroxylation sites is 1. The Labute approximate surface area is 113 Å². The molecule has 0 amide bonds. The normalized spacial score (nSPS) is 14.0. The van der Waals surface area contributed by atoms with E-state index in [4.69, 9.17) is 4.74 Å². The molecular formula is C16H16N2O. The molecule has 0 fully saturated rings. The number of amidine groups is 1. The van der Waals surface area contributed by atoms with E-state index in [1.165, 1.54) is 0 Å². The molecule has 3 heteroatoms. The summed E-state index contributed by atoms with van der Waals surface area (Å²) in [6.07, 6.45) is 2.19. The first-order chi connectivity index (χ1) is 9.40. The first kappa shape index (κ1) is 11.8. The van der Waals surface area contributed by atoms with Gasteiger partial charge in [-0.05, 0) is 42.8 Å². The number of hydrogen-bond acceptors (Lipinski definition) is 3. The van der Waals surface area contributed by atoms with Crippen molar-refractivity contribution >= 4 is 11.5 Å². The van der Waals surface area contributed by atoms with Crippen molar-refractivity contribution in [2.75, 3.05) is 11.9 Å². The van der Waals surface area contributed by atoms with Gasteiger partial charge in [0.05, 0.1) is 0 Å². The predicted molar refractivity (Wildman–Crippen MR) is 78.1 cm³/mol. The summed E-state index contributed by atoms with van der Waals surface area (Å²) in [7, 11) is 0. The molecule has 0 atom stereocenters. The van der Waals surface area contributed by atoms with E-state index in [-0.39, 0.29) is 0 Å². The van der Waals surface area contributed by atoms with E-state index in [0.717, 1.165) is 42.4 Å². The van der Waals surface area contributed by atoms with Crippen LogP contribution in [0.4, 0.5) is 5.69 Å². The summed E-state index contributed by atoms with van der Waals surface area (Å²) in [5.41, 5.74) is 1.06. The van der Waals surface area contributed by atoms with Gasteiger partial charge in [0.1, 0.15) is 17.3 Å². The van der Waals surface area contributed by atoms with Crippen LogP contribution in [0, 0.1) is 0 Å². The number of anilines is 1. The lowest BCUT2D eigenvalue weighted by Gasteiger charge is -2.08. The van der Waals surface area contributed by atoms with Crippen LogP contribution >= 0.6 is 0 Å². The van der Waals surface area contributed by atoms with E-state index in [0.29, 0.717) is 0 Å². The summed E-state index contributed by atoms with van der Waals surface area (Å²) in [6, 6.07) is 17.7. The van der Waals surface area contributed by atoms with Gasteiger partial charge in [-0.25, -0.2) is 0 Å². The SMILES string of the molecule is c1ccc(Oc2ccc(NC3=NCCC3)cc2)cc1. The molecule has 3 rings (SSSR count). The maximum absolute atomic E-state index is 5.75. The first-order valence-corrected chi connectivity index (χ1v) is 6.53. The number of benzene rings is 2. The van der Waals surface area contributed by atoms with E-state index in [2.05, 4.69) is 10.3 Å². The number of hydrogen-bond donors (Lipinski definition) is 1. The van der Waals surface area contributed by atoms with Crippen LogP contribution in [0.5, 0.6) is 11.5 Å². The second-order valence-corrected chi connectivity index (χ2v) is 4.50. The smallest absolute Gasteiger partial charge is 0.127 e. The third kappa shape index (κ3) is 3.13. The van der Waals surface area contributed by atoms with Gasteiger partial charge in [0, 0.05) is 18.7 Å². The summed E-state index contributed by atoms with van der Waals surface area (Å²) in [5.74, 6) is 2.77. The molecule has 2 aromatic carbocycles. The number of nitrogens with zero attached hydrogens (tertiary/aromatic N) is 1. The van der Waals surface area contributed by atoms with Crippen LogP contribution in [-0.2, 0) is 0 Å². The van der Waals surface area contributed by atoms with Gasteiger partial charge in [-0.1, -0.05) is 18.2 Å². The monoisotopic (exact) mass is 252 g/mol. The van der Waals surface area contributed by atoms with Crippen molar-refractivity contribution < 1.29 is 4.74 Å². The quantitative estimate of drug-likeness (QED) is 0.892. The van der Waals surface area contributed by atoms with Crippen molar-refractivity contribution in [2.24, 2.45) is 4.99 Å². The fourth-order valence-electron chi connectivity index (χ4n) is 2.04. The number of aliphatic imine (C=N–C) groups is 1. The third-order valence-corrected chi connectivity index (χ3v) is 3.00. The highest BCUT2D eigenvalue weighted by Gasteiger charge is 2.06. The van der Waals surface area contributed by atoms with Gasteiger partial charge < -0.3 is 10.1 Å². The lowest BCUT2D eigenvalue weighted by molar-refractivity contribution is 0.483. The molecule has 1 aliphatic heterocycles. The lowest BCUT2D eigenvalue weighted by atomic mass is 10.2. The van der Waals surface area contributed by atoms with Crippen molar-refractivity contribution in [1.29, 1.82) is 0 Å². The summed E-state index contributed by atoms with van der Waals surface area (Å²) < 4.78 is 5.75. The summed E-state index contributed by atoms with van der Waals surface area (Å²) in [4.78, 5) is 4.40. The van der Waals surface area contributed by atoms with Crippen molar-refractivity contribution in [2.45, 2.75) is 12.8 Å². The van der Waals surface area contributed by atoms with Crippen molar-refractivity contribution in [3.05, 3.63) is 54.6 Å². The van der Waals surface area contributed by atoms with E-state index < -0.39 is 0 Å². The number of rotatable bonds is 3. The van der Waals surface area contributed by atoms with Crippen LogP contribution in [0.2, 0.25) is 0 Å². The van der Waals surface area contributed by atoms with Crippen LogP contribution < -0.4 is 10.1 Å². The first-order valence-electron chi connectivity index (χ1n) is 6.53. The minimum Gasteiger partial charge on any atom is -0.457 e. The summed E-state index contributed by atoms with van der Waals surface area (Å²) in [6.45, 7) is 0.942. The third-order valence-electron chi connectivity index (χ3n) is 3.00. The topological polar surface area (TPSA) is 33.6 Å². The molecule has 0 aromatic heterocycles. The Bertz CT molecular complexity index is 561. The molecule has 1 heterocycles. The largest absolute Gasteiger partial charge is 0.457 e. The van der Waals surface area contributed by atoms with Gasteiger partial charge in [0.25, 0.3) is 0 Å². The zero-order chi connectivity index (χ0) is 12.9. The Morgan fingerprint density at radius 1 is 0.895 bits per heavy atom. The van der Waals surface area contributed by atoms with Gasteiger partial charge in [0.2, 0.25) is 0 Å². The van der Waals surface area contributed by atoms with Crippen molar-refractivity contribution in [3.8, 4) is 11.5 Å². The number of ether oxygens (including phenoxy) is 1. The van der Waals surface area contributed by atoms with Crippen molar-refractivity contribution in [3.63, 3.8) is 0 Å². The Hall–Kier alpha value is -2.29. The maximum atomic E-state index is 5.75. The zero-order valence-corrected chi connectivity index (χ0v) is 10.7. The van der Waals surface area contributed by atoms with E-state index in [9.17, 15) is 0 Å². The summed E-state index contributed by atoms with van der Waals surface area (Å²) >= 11 is 0. The fourth-order valence-corrected chi connectivity index (χ4v) is 2.04.